The van der Waals surface area contributed by atoms with Crippen molar-refractivity contribution in [3.63, 3.8) is 0 Å². The summed E-state index contributed by atoms with van der Waals surface area (Å²) in [6.45, 7) is 6.59. The molecule has 1 aliphatic carbocycles. The Morgan fingerprint density at radius 1 is 1.17 bits per heavy atom. The highest BCUT2D eigenvalue weighted by Crippen LogP contribution is 2.22. The van der Waals surface area contributed by atoms with E-state index in [0.29, 0.717) is 6.04 Å². The quantitative estimate of drug-likeness (QED) is 0.565. The molecule has 0 spiro atoms. The van der Waals surface area contributed by atoms with Crippen LogP contribution >= 0.6 is 0 Å². The Balaban J connectivity index is 1.52. The van der Waals surface area contributed by atoms with Crippen LogP contribution < -0.4 is 20.3 Å². The van der Waals surface area contributed by atoms with Crippen LogP contribution in [0.5, 0.6) is 5.75 Å². The number of aliphatic imine (C=N–C) groups is 1. The fourth-order valence-corrected chi connectivity index (χ4v) is 4.08. The summed E-state index contributed by atoms with van der Waals surface area (Å²) in [6.07, 6.45) is 5.92. The van der Waals surface area contributed by atoms with Crippen molar-refractivity contribution >= 4 is 17.6 Å². The second-order valence-electron chi connectivity index (χ2n) is 7.75. The van der Waals surface area contributed by atoms with Gasteiger partial charge in [-0.2, -0.15) is 0 Å². The van der Waals surface area contributed by atoms with Crippen LogP contribution in [0, 0.1) is 0 Å². The van der Waals surface area contributed by atoms with Crippen molar-refractivity contribution in [2.24, 2.45) is 4.99 Å². The predicted octanol–water partition coefficient (Wildman–Crippen LogP) is 2.23. The van der Waals surface area contributed by atoms with Crippen molar-refractivity contribution in [1.82, 2.24) is 15.5 Å². The van der Waals surface area contributed by atoms with E-state index in [1.54, 1.807) is 7.11 Å². The Bertz CT molecular complexity index is 680. The molecule has 29 heavy (non-hydrogen) atoms. The Labute approximate surface area is 174 Å². The molecule has 2 fully saturated rings. The molecule has 1 heterocycles. The first-order valence-electron chi connectivity index (χ1n) is 10.9. The summed E-state index contributed by atoms with van der Waals surface area (Å²) in [4.78, 5) is 21.5. The number of hydrogen-bond donors (Lipinski definition) is 2. The van der Waals surface area contributed by atoms with Gasteiger partial charge in [0.05, 0.1) is 7.11 Å². The molecule has 0 aromatic heterocycles. The minimum atomic E-state index is 0.0299. The lowest BCUT2D eigenvalue weighted by Crippen LogP contribution is -2.52. The average molecular weight is 402 g/mol. The van der Waals surface area contributed by atoms with E-state index >= 15 is 0 Å². The van der Waals surface area contributed by atoms with Gasteiger partial charge in [0.25, 0.3) is 0 Å². The third-order valence-electron chi connectivity index (χ3n) is 5.68. The predicted molar refractivity (Wildman–Crippen MR) is 118 cm³/mol. The fraction of sp³-hybridized carbons (Fsp3) is 0.636. The lowest BCUT2D eigenvalue weighted by Gasteiger charge is -2.37. The summed E-state index contributed by atoms with van der Waals surface area (Å²) in [7, 11) is 1.70. The van der Waals surface area contributed by atoms with Crippen LogP contribution in [0.4, 0.5) is 5.69 Å². The molecule has 1 aromatic carbocycles. The van der Waals surface area contributed by atoms with Gasteiger partial charge >= 0.3 is 0 Å². The van der Waals surface area contributed by atoms with E-state index < -0.39 is 0 Å². The number of carbonyl (C=O) groups is 1. The van der Waals surface area contributed by atoms with Crippen LogP contribution in [-0.2, 0) is 4.79 Å². The lowest BCUT2D eigenvalue weighted by molar-refractivity contribution is -0.120. The van der Waals surface area contributed by atoms with Gasteiger partial charge in [0.15, 0.2) is 5.96 Å². The van der Waals surface area contributed by atoms with Gasteiger partial charge in [0, 0.05) is 50.5 Å². The normalized spacial score (nSPS) is 18.5. The highest BCUT2D eigenvalue weighted by molar-refractivity contribution is 5.85. The van der Waals surface area contributed by atoms with Gasteiger partial charge < -0.3 is 25.2 Å². The molecule has 2 aliphatic rings. The molecular formula is C22H35N5O2. The zero-order valence-electron chi connectivity index (χ0n) is 17.8. The minimum absolute atomic E-state index is 0.0299. The first kappa shape index (κ1) is 21.3. The fourth-order valence-electron chi connectivity index (χ4n) is 4.08. The van der Waals surface area contributed by atoms with E-state index in [1.165, 1.54) is 24.9 Å². The van der Waals surface area contributed by atoms with Crippen molar-refractivity contribution in [2.75, 3.05) is 51.3 Å². The van der Waals surface area contributed by atoms with Crippen LogP contribution in [0.15, 0.2) is 29.3 Å². The number of carbonyl (C=O) groups excluding carboxylic acids is 1. The summed E-state index contributed by atoms with van der Waals surface area (Å²) < 4.78 is 5.34. The molecule has 160 valence electrons. The molecule has 1 amide bonds. The van der Waals surface area contributed by atoms with E-state index in [9.17, 15) is 4.79 Å². The molecule has 1 aromatic rings. The van der Waals surface area contributed by atoms with Crippen LogP contribution in [0.3, 0.4) is 0 Å². The van der Waals surface area contributed by atoms with Crippen molar-refractivity contribution in [1.29, 1.82) is 0 Å². The Kier molecular flexibility index (Phi) is 8.02. The summed E-state index contributed by atoms with van der Waals surface area (Å²) in [5.74, 6) is 1.74. The number of benzene rings is 1. The summed E-state index contributed by atoms with van der Waals surface area (Å²) >= 11 is 0. The standard InChI is InChI=1S/C22H35N5O2/c1-3-23-22(24-17-21(28)25-18-8-5-4-6-9-18)27-14-12-26(13-15-27)19-10-7-11-20(16-19)29-2/h7,10-11,16,18H,3-6,8-9,12-15,17H2,1-2H3,(H,23,24)(H,25,28). The molecular weight excluding hydrogens is 366 g/mol. The molecule has 1 saturated heterocycles. The lowest BCUT2D eigenvalue weighted by atomic mass is 9.95. The molecule has 0 atom stereocenters. The zero-order chi connectivity index (χ0) is 20.5. The number of piperazine rings is 1. The summed E-state index contributed by atoms with van der Waals surface area (Å²) in [5.41, 5.74) is 1.18. The molecule has 2 N–H and O–H groups in total. The minimum Gasteiger partial charge on any atom is -0.497 e. The summed E-state index contributed by atoms with van der Waals surface area (Å²) in [5, 5.41) is 6.49. The number of methoxy groups -OCH3 is 1. The maximum absolute atomic E-state index is 12.3. The largest absolute Gasteiger partial charge is 0.497 e. The van der Waals surface area contributed by atoms with Gasteiger partial charge in [0.2, 0.25) is 5.91 Å². The van der Waals surface area contributed by atoms with Crippen molar-refractivity contribution in [3.05, 3.63) is 24.3 Å². The van der Waals surface area contributed by atoms with Crippen molar-refractivity contribution in [2.45, 2.75) is 45.1 Å². The average Bonchev–Trinajstić information content (AvgIpc) is 2.77. The molecule has 0 bridgehead atoms. The maximum Gasteiger partial charge on any atom is 0.242 e. The van der Waals surface area contributed by atoms with E-state index in [0.717, 1.165) is 57.3 Å². The van der Waals surface area contributed by atoms with Gasteiger partial charge in [-0.3, -0.25) is 4.79 Å². The van der Waals surface area contributed by atoms with Gasteiger partial charge in [-0.15, -0.1) is 0 Å². The second-order valence-corrected chi connectivity index (χ2v) is 7.75. The third kappa shape index (κ3) is 6.27. The molecule has 7 heteroatoms. The molecule has 1 saturated carbocycles. The molecule has 0 radical (unpaired) electrons. The highest BCUT2D eigenvalue weighted by Gasteiger charge is 2.21. The summed E-state index contributed by atoms with van der Waals surface area (Å²) in [6, 6.07) is 8.52. The van der Waals surface area contributed by atoms with Crippen molar-refractivity contribution in [3.8, 4) is 5.75 Å². The Morgan fingerprint density at radius 3 is 2.62 bits per heavy atom. The highest BCUT2D eigenvalue weighted by atomic mass is 16.5. The van der Waals surface area contributed by atoms with Gasteiger partial charge in [-0.05, 0) is 31.9 Å². The molecule has 1 aliphatic heterocycles. The van der Waals surface area contributed by atoms with Gasteiger partial charge in [-0.25, -0.2) is 4.99 Å². The van der Waals surface area contributed by atoms with E-state index in [-0.39, 0.29) is 12.5 Å². The maximum atomic E-state index is 12.3. The van der Waals surface area contributed by atoms with Crippen LogP contribution in [-0.4, -0.2) is 69.2 Å². The first-order valence-corrected chi connectivity index (χ1v) is 10.9. The smallest absolute Gasteiger partial charge is 0.242 e. The number of hydrogen-bond acceptors (Lipinski definition) is 4. The van der Waals surface area contributed by atoms with Crippen molar-refractivity contribution < 1.29 is 9.53 Å². The Morgan fingerprint density at radius 2 is 1.93 bits per heavy atom. The van der Waals surface area contributed by atoms with E-state index in [1.807, 2.05) is 12.1 Å². The topological polar surface area (TPSA) is 69.2 Å². The number of amides is 1. The van der Waals surface area contributed by atoms with Crippen LogP contribution in [0.25, 0.3) is 0 Å². The molecule has 7 nitrogen and oxygen atoms in total. The van der Waals surface area contributed by atoms with Gasteiger partial charge in [0.1, 0.15) is 12.3 Å². The van der Waals surface area contributed by atoms with E-state index in [4.69, 9.17) is 4.74 Å². The SMILES string of the molecule is CCNC(=NCC(=O)NC1CCCCC1)N1CCN(c2cccc(OC)c2)CC1. The van der Waals surface area contributed by atoms with E-state index in [2.05, 4.69) is 44.5 Å². The van der Waals surface area contributed by atoms with Gasteiger partial charge in [-0.1, -0.05) is 25.3 Å². The first-order chi connectivity index (χ1) is 14.2. The van der Waals surface area contributed by atoms with Crippen LogP contribution in [0.1, 0.15) is 39.0 Å². The number of nitrogens with one attached hydrogen (secondary N) is 2. The monoisotopic (exact) mass is 401 g/mol. The van der Waals surface area contributed by atoms with Crippen LogP contribution in [0.2, 0.25) is 0 Å². The number of nitrogens with zero attached hydrogens (tertiary/aromatic N) is 3. The third-order valence-corrected chi connectivity index (χ3v) is 5.68. The molecule has 3 rings (SSSR count). The Hall–Kier alpha value is -2.44. The second kappa shape index (κ2) is 10.9. The number of guanidine groups is 1. The number of anilines is 1. The number of rotatable bonds is 6. The number of ether oxygens (including phenoxy) is 1. The molecule has 0 unspecified atom stereocenters. The zero-order valence-corrected chi connectivity index (χ0v) is 17.8.